The van der Waals surface area contributed by atoms with Crippen LogP contribution >= 0.6 is 34.7 Å². The van der Waals surface area contributed by atoms with E-state index in [0.29, 0.717) is 28.9 Å². The van der Waals surface area contributed by atoms with Gasteiger partial charge in [-0.05, 0) is 51.3 Å². The van der Waals surface area contributed by atoms with Gasteiger partial charge in [-0.25, -0.2) is 4.79 Å². The number of ketones is 1. The van der Waals surface area contributed by atoms with Crippen molar-refractivity contribution >= 4 is 58.1 Å². The Bertz CT molecular complexity index is 1620. The Morgan fingerprint density at radius 1 is 1.09 bits per heavy atom. The first-order valence-corrected chi connectivity index (χ1v) is 17.3. The lowest BCUT2D eigenvalue weighted by atomic mass is 9.99. The Labute approximate surface area is 269 Å². The highest BCUT2D eigenvalue weighted by Crippen LogP contribution is 2.39. The van der Waals surface area contributed by atoms with Crippen LogP contribution < -0.4 is 16.0 Å². The van der Waals surface area contributed by atoms with Crippen molar-refractivity contribution in [2.24, 2.45) is 4.99 Å². The molecule has 2 fully saturated rings. The summed E-state index contributed by atoms with van der Waals surface area (Å²) in [4.78, 5) is 43.6. The average Bonchev–Trinajstić information content (AvgIpc) is 3.71. The van der Waals surface area contributed by atoms with Gasteiger partial charge in [0.15, 0.2) is 5.82 Å². The van der Waals surface area contributed by atoms with Gasteiger partial charge in [0, 0.05) is 51.4 Å². The maximum absolute atomic E-state index is 13.2. The number of halogens is 1. The molecule has 6 rings (SSSR count). The fourth-order valence-corrected chi connectivity index (χ4v) is 9.04. The minimum atomic E-state index is -0.551. The summed E-state index contributed by atoms with van der Waals surface area (Å²) in [5.74, 6) is 2.25. The number of benzene rings is 1. The number of nitrogens with one attached hydrogen (secondary N) is 3. The van der Waals surface area contributed by atoms with E-state index >= 15 is 0 Å². The maximum Gasteiger partial charge on any atom is 0.315 e. The number of thioether (sulfide) groups is 1. The molecular formula is C31H36ClN7O3S2. The van der Waals surface area contributed by atoms with Gasteiger partial charge in [0.25, 0.3) is 0 Å². The number of nitrogens with zero attached hydrogens (tertiary/aromatic N) is 4. The number of carbonyl (C=O) groups excluding carboxylic acids is 3. The van der Waals surface area contributed by atoms with Crippen molar-refractivity contribution in [3.63, 3.8) is 0 Å². The largest absolute Gasteiger partial charge is 0.356 e. The molecule has 10 nitrogen and oxygen atoms in total. The van der Waals surface area contributed by atoms with Gasteiger partial charge < -0.3 is 16.0 Å². The quantitative estimate of drug-likeness (QED) is 0.197. The molecule has 3 aliphatic rings. The minimum absolute atomic E-state index is 0.0750. The van der Waals surface area contributed by atoms with Crippen molar-refractivity contribution in [3.8, 4) is 5.00 Å². The lowest BCUT2D eigenvalue weighted by Crippen LogP contribution is -2.36. The zero-order chi connectivity index (χ0) is 31.0. The molecule has 0 saturated carbocycles. The summed E-state index contributed by atoms with van der Waals surface area (Å²) in [6, 6.07) is 7.38. The van der Waals surface area contributed by atoms with Crippen LogP contribution in [0.25, 0.3) is 5.00 Å². The first kappa shape index (κ1) is 30.8. The van der Waals surface area contributed by atoms with Gasteiger partial charge in [0.05, 0.1) is 24.2 Å². The van der Waals surface area contributed by atoms with Crippen LogP contribution in [0.15, 0.2) is 29.3 Å². The first-order chi connectivity index (χ1) is 21.2. The van der Waals surface area contributed by atoms with Crippen molar-refractivity contribution in [3.05, 3.63) is 62.5 Å². The number of aliphatic imine (C=N–C) groups is 1. The second kappa shape index (κ2) is 13.0. The topological polar surface area (TPSA) is 130 Å². The Hall–Kier alpha value is -3.22. The van der Waals surface area contributed by atoms with Crippen LogP contribution in [0.1, 0.15) is 77.8 Å². The highest BCUT2D eigenvalue weighted by Gasteiger charge is 2.42. The predicted molar refractivity (Wildman–Crippen MR) is 174 cm³/mol. The number of thiophene rings is 1. The number of amides is 3. The summed E-state index contributed by atoms with van der Waals surface area (Å²) in [7, 11) is 0. The van der Waals surface area contributed by atoms with Crippen LogP contribution in [0, 0.1) is 20.8 Å². The van der Waals surface area contributed by atoms with Gasteiger partial charge in [-0.2, -0.15) is 11.8 Å². The fraction of sp³-hybridized carbons (Fsp3) is 0.484. The number of fused-ring (bicyclic) bond motifs is 4. The molecule has 2 aromatic heterocycles. The van der Waals surface area contributed by atoms with Crippen molar-refractivity contribution in [2.75, 3.05) is 12.3 Å². The molecule has 3 aromatic rings. The van der Waals surface area contributed by atoms with Crippen molar-refractivity contribution in [1.82, 2.24) is 30.7 Å². The molecule has 4 atom stereocenters. The first-order valence-electron chi connectivity index (χ1n) is 15.0. The van der Waals surface area contributed by atoms with Gasteiger partial charge in [0.1, 0.15) is 22.7 Å². The van der Waals surface area contributed by atoms with E-state index in [-0.39, 0.29) is 42.8 Å². The predicted octanol–water partition coefficient (Wildman–Crippen LogP) is 4.99. The molecule has 3 N–H and O–H groups in total. The van der Waals surface area contributed by atoms with E-state index in [4.69, 9.17) is 16.6 Å². The van der Waals surface area contributed by atoms with Crippen LogP contribution in [-0.2, 0) is 9.59 Å². The van der Waals surface area contributed by atoms with Gasteiger partial charge >= 0.3 is 6.03 Å². The van der Waals surface area contributed by atoms with E-state index in [0.717, 1.165) is 58.2 Å². The molecular weight excluding hydrogens is 618 g/mol. The average molecular weight is 654 g/mol. The van der Waals surface area contributed by atoms with Crippen LogP contribution in [-0.4, -0.2) is 67.8 Å². The standard InChI is InChI=1S/C31H36ClN7O3S2/c1-16-17(2)44-30-26(16)27(19-8-10-20(32)11-9-19)34-22(29-38-37-18(3)39(29)30)14-25(41)33-13-12-21(40)6-4-5-7-24-28-23(15-43-24)35-31(42)36-28/h8-11,22-24,28H,4-7,12-15H2,1-3H3,(H,33,41)(H2,35,36,42)/t22?,23-,24+,28-/m1/s1. The second-order valence-corrected chi connectivity index (χ2v) is 14.5. The van der Waals surface area contributed by atoms with Crippen molar-refractivity contribution in [2.45, 2.75) is 82.7 Å². The lowest BCUT2D eigenvalue weighted by Gasteiger charge is -2.16. The number of unbranched alkanes of at least 4 members (excludes halogenated alkanes) is 1. The molecule has 0 aliphatic carbocycles. The summed E-state index contributed by atoms with van der Waals surface area (Å²) in [5, 5.41) is 19.7. The second-order valence-electron chi connectivity index (χ2n) is 11.6. The van der Waals surface area contributed by atoms with E-state index in [2.05, 4.69) is 40.0 Å². The van der Waals surface area contributed by atoms with Crippen LogP contribution in [0.3, 0.4) is 0 Å². The Kier molecular flexibility index (Phi) is 9.11. The van der Waals surface area contributed by atoms with Gasteiger partial charge in [-0.15, -0.1) is 21.5 Å². The molecule has 13 heteroatoms. The summed E-state index contributed by atoms with van der Waals surface area (Å²) in [6.07, 6.45) is 3.60. The van der Waals surface area contributed by atoms with Crippen molar-refractivity contribution in [1.29, 1.82) is 0 Å². The number of aryl methyl sites for hydroxylation is 2. The summed E-state index contributed by atoms with van der Waals surface area (Å²) >= 11 is 9.75. The van der Waals surface area contributed by atoms with E-state index in [9.17, 15) is 14.4 Å². The highest BCUT2D eigenvalue weighted by molar-refractivity contribution is 8.00. The molecule has 232 valence electrons. The minimum Gasteiger partial charge on any atom is -0.356 e. The number of urea groups is 1. The number of Topliss-reactive ketones (excluding diaryl/α,β-unsaturated/α-hetero) is 1. The molecule has 1 unspecified atom stereocenters. The Morgan fingerprint density at radius 2 is 1.89 bits per heavy atom. The third kappa shape index (κ3) is 6.29. The summed E-state index contributed by atoms with van der Waals surface area (Å²) < 4.78 is 2.02. The monoisotopic (exact) mass is 653 g/mol. The molecule has 0 spiro atoms. The number of rotatable bonds is 11. The van der Waals surface area contributed by atoms with Crippen LogP contribution in [0.4, 0.5) is 4.79 Å². The number of aromatic nitrogens is 3. The number of hydrogen-bond acceptors (Lipinski definition) is 8. The molecule has 44 heavy (non-hydrogen) atoms. The van der Waals surface area contributed by atoms with E-state index < -0.39 is 6.04 Å². The zero-order valence-corrected chi connectivity index (χ0v) is 27.4. The Morgan fingerprint density at radius 3 is 2.68 bits per heavy atom. The molecule has 5 heterocycles. The van der Waals surface area contributed by atoms with Crippen molar-refractivity contribution < 1.29 is 14.4 Å². The van der Waals surface area contributed by atoms with Crippen LogP contribution in [0.5, 0.6) is 0 Å². The third-order valence-corrected chi connectivity index (χ3v) is 11.5. The molecule has 3 aliphatic heterocycles. The summed E-state index contributed by atoms with van der Waals surface area (Å²) in [5.41, 5.74) is 3.87. The van der Waals surface area contributed by atoms with Gasteiger partial charge in [-0.3, -0.25) is 19.1 Å². The lowest BCUT2D eigenvalue weighted by molar-refractivity contribution is -0.122. The molecule has 2 saturated heterocycles. The highest BCUT2D eigenvalue weighted by atomic mass is 35.5. The SMILES string of the molecule is Cc1sc2c(c1C)C(c1ccc(Cl)cc1)=NC(CC(=O)NCCC(=O)CCCC[C@@H]1SC[C@H]3NC(=O)N[C@@H]13)c1nnc(C)n1-2. The molecule has 1 aromatic carbocycles. The Balaban J connectivity index is 1.06. The fourth-order valence-electron chi connectivity index (χ4n) is 6.16. The molecule has 0 bridgehead atoms. The van der Waals surface area contributed by atoms with Crippen LogP contribution in [0.2, 0.25) is 5.02 Å². The van der Waals surface area contributed by atoms with Gasteiger partial charge in [0.2, 0.25) is 5.91 Å². The van der Waals surface area contributed by atoms with Gasteiger partial charge in [-0.1, -0.05) is 30.2 Å². The molecule has 0 radical (unpaired) electrons. The zero-order valence-electron chi connectivity index (χ0n) is 25.0. The molecule has 3 amide bonds. The van der Waals surface area contributed by atoms with E-state index in [1.54, 1.807) is 11.3 Å². The third-order valence-electron chi connectivity index (χ3n) is 8.59. The van der Waals surface area contributed by atoms with E-state index in [1.807, 2.05) is 47.5 Å². The van der Waals surface area contributed by atoms with E-state index in [1.165, 1.54) is 4.88 Å². The summed E-state index contributed by atoms with van der Waals surface area (Å²) in [6.45, 7) is 6.38. The maximum atomic E-state index is 13.2. The normalized spacial score (nSPS) is 21.9. The smallest absolute Gasteiger partial charge is 0.315 e. The number of hydrogen-bond donors (Lipinski definition) is 3. The number of carbonyl (C=O) groups is 3.